The molecule has 1 aromatic carbocycles. The molecule has 1 saturated carbocycles. The van der Waals surface area contributed by atoms with Crippen molar-refractivity contribution in [1.82, 2.24) is 10.2 Å². The quantitative estimate of drug-likeness (QED) is 0.663. The molecule has 1 spiro atoms. The van der Waals surface area contributed by atoms with E-state index in [1.807, 2.05) is 0 Å². The molecule has 180 valence electrons. The minimum absolute atomic E-state index is 0.381. The van der Waals surface area contributed by atoms with E-state index in [0.29, 0.717) is 50.8 Å². The standard InChI is InChI=1S/C22H27F3N4O4/c1-14-4-6-21(7-5-14)19(31)29(20(32)27-21)13-18(30)26-17-3-2-15(12-16(17)22(23,24)25)28-8-10-33-11-9-28/h2-3,12,14H,4-11,13H2,1H3,(H,26,30)(H,27,32). The highest BCUT2D eigenvalue weighted by atomic mass is 19.4. The first-order chi connectivity index (χ1) is 15.6. The van der Waals surface area contributed by atoms with Crippen LogP contribution in [0.25, 0.3) is 0 Å². The van der Waals surface area contributed by atoms with Crippen LogP contribution in [0.2, 0.25) is 0 Å². The molecule has 1 aliphatic carbocycles. The van der Waals surface area contributed by atoms with Crippen LogP contribution >= 0.6 is 0 Å². The van der Waals surface area contributed by atoms with E-state index in [-0.39, 0.29) is 0 Å². The van der Waals surface area contributed by atoms with E-state index >= 15 is 0 Å². The number of ether oxygens (including phenoxy) is 1. The number of hydrogen-bond donors (Lipinski definition) is 2. The molecule has 2 saturated heterocycles. The van der Waals surface area contributed by atoms with Gasteiger partial charge in [0.15, 0.2) is 0 Å². The molecule has 4 rings (SSSR count). The number of alkyl halides is 3. The van der Waals surface area contributed by atoms with Crippen LogP contribution in [0, 0.1) is 5.92 Å². The van der Waals surface area contributed by atoms with Crippen molar-refractivity contribution in [2.75, 3.05) is 43.1 Å². The molecular formula is C22H27F3N4O4. The molecule has 2 aliphatic heterocycles. The minimum atomic E-state index is -4.70. The summed E-state index contributed by atoms with van der Waals surface area (Å²) >= 11 is 0. The topological polar surface area (TPSA) is 91.0 Å². The summed E-state index contributed by atoms with van der Waals surface area (Å²) in [6.45, 7) is 3.20. The van der Waals surface area contributed by atoms with Crippen LogP contribution in [0.5, 0.6) is 0 Å². The second-order valence-electron chi connectivity index (χ2n) is 8.96. The first-order valence-electron chi connectivity index (χ1n) is 11.1. The van der Waals surface area contributed by atoms with Gasteiger partial charge in [-0.25, -0.2) is 4.79 Å². The predicted molar refractivity (Wildman–Crippen MR) is 114 cm³/mol. The van der Waals surface area contributed by atoms with Gasteiger partial charge in [0.05, 0.1) is 24.5 Å². The molecule has 4 amide bonds. The Morgan fingerprint density at radius 3 is 2.52 bits per heavy atom. The maximum absolute atomic E-state index is 13.7. The lowest BCUT2D eigenvalue weighted by atomic mass is 9.77. The second-order valence-corrected chi connectivity index (χ2v) is 8.96. The number of hydrogen-bond acceptors (Lipinski definition) is 5. The van der Waals surface area contributed by atoms with E-state index in [1.165, 1.54) is 12.1 Å². The summed E-state index contributed by atoms with van der Waals surface area (Å²) in [4.78, 5) is 40.4. The van der Waals surface area contributed by atoms with Crippen molar-refractivity contribution in [2.45, 2.75) is 44.3 Å². The van der Waals surface area contributed by atoms with E-state index in [4.69, 9.17) is 4.74 Å². The van der Waals surface area contributed by atoms with E-state index in [2.05, 4.69) is 17.6 Å². The summed E-state index contributed by atoms with van der Waals surface area (Å²) in [5.74, 6) is -0.920. The van der Waals surface area contributed by atoms with Gasteiger partial charge in [0.2, 0.25) is 5.91 Å². The van der Waals surface area contributed by atoms with Crippen molar-refractivity contribution in [3.05, 3.63) is 23.8 Å². The summed E-state index contributed by atoms with van der Waals surface area (Å²) in [5, 5.41) is 4.94. The zero-order chi connectivity index (χ0) is 23.8. The van der Waals surface area contributed by atoms with E-state index < -0.39 is 47.4 Å². The first kappa shape index (κ1) is 23.3. The van der Waals surface area contributed by atoms with Crippen LogP contribution in [0.3, 0.4) is 0 Å². The van der Waals surface area contributed by atoms with Gasteiger partial charge in [-0.1, -0.05) is 6.92 Å². The summed E-state index contributed by atoms with van der Waals surface area (Å²) < 4.78 is 46.4. The number of carbonyl (C=O) groups excluding carboxylic acids is 3. The number of urea groups is 1. The Morgan fingerprint density at radius 1 is 1.21 bits per heavy atom. The molecule has 2 N–H and O–H groups in total. The lowest BCUT2D eigenvalue weighted by molar-refractivity contribution is -0.137. The lowest BCUT2D eigenvalue weighted by Crippen LogP contribution is -2.49. The maximum Gasteiger partial charge on any atom is 0.418 e. The Labute approximate surface area is 189 Å². The van der Waals surface area contributed by atoms with Gasteiger partial charge >= 0.3 is 12.2 Å². The highest BCUT2D eigenvalue weighted by Gasteiger charge is 2.52. The van der Waals surface area contributed by atoms with Crippen LogP contribution in [0.4, 0.5) is 29.3 Å². The number of halogens is 3. The first-order valence-corrected chi connectivity index (χ1v) is 11.1. The van der Waals surface area contributed by atoms with Gasteiger partial charge in [0.1, 0.15) is 12.1 Å². The molecule has 33 heavy (non-hydrogen) atoms. The summed E-state index contributed by atoms with van der Waals surface area (Å²) in [5.41, 5.74) is -2.04. The monoisotopic (exact) mass is 468 g/mol. The zero-order valence-electron chi connectivity index (χ0n) is 18.3. The van der Waals surface area contributed by atoms with Gasteiger partial charge in [-0.05, 0) is 49.8 Å². The van der Waals surface area contributed by atoms with Gasteiger partial charge in [-0.3, -0.25) is 14.5 Å². The fourth-order valence-corrected chi connectivity index (χ4v) is 4.64. The van der Waals surface area contributed by atoms with E-state index in [9.17, 15) is 27.6 Å². The summed E-state index contributed by atoms with van der Waals surface area (Å²) in [6, 6.07) is 3.00. The SMILES string of the molecule is CC1CCC2(CC1)NC(=O)N(CC(=O)Nc1ccc(N3CCOCC3)cc1C(F)(F)F)C2=O. The van der Waals surface area contributed by atoms with Crippen molar-refractivity contribution in [3.8, 4) is 0 Å². The van der Waals surface area contributed by atoms with Crippen molar-refractivity contribution in [1.29, 1.82) is 0 Å². The van der Waals surface area contributed by atoms with Crippen LogP contribution in [-0.4, -0.2) is 61.1 Å². The third-order valence-electron chi connectivity index (χ3n) is 6.63. The van der Waals surface area contributed by atoms with Gasteiger partial charge in [0, 0.05) is 18.8 Å². The highest BCUT2D eigenvalue weighted by molar-refractivity contribution is 6.10. The van der Waals surface area contributed by atoms with Crippen LogP contribution in [0.15, 0.2) is 18.2 Å². The van der Waals surface area contributed by atoms with Crippen molar-refractivity contribution in [3.63, 3.8) is 0 Å². The summed E-state index contributed by atoms with van der Waals surface area (Å²) in [6.07, 6.45) is -2.18. The number of imide groups is 1. The number of benzene rings is 1. The number of nitrogens with zero attached hydrogens (tertiary/aromatic N) is 2. The molecule has 0 aromatic heterocycles. The molecule has 0 unspecified atom stereocenters. The number of rotatable bonds is 4. The number of carbonyl (C=O) groups is 3. The normalized spacial score (nSPS) is 26.0. The average molecular weight is 468 g/mol. The second kappa shape index (κ2) is 8.85. The van der Waals surface area contributed by atoms with Crippen molar-refractivity contribution in [2.24, 2.45) is 5.92 Å². The van der Waals surface area contributed by atoms with E-state index in [1.54, 1.807) is 4.90 Å². The van der Waals surface area contributed by atoms with Gasteiger partial charge in [-0.15, -0.1) is 0 Å². The van der Waals surface area contributed by atoms with Crippen LogP contribution < -0.4 is 15.5 Å². The molecule has 2 heterocycles. The number of morpholine rings is 1. The summed E-state index contributed by atoms with van der Waals surface area (Å²) in [7, 11) is 0. The maximum atomic E-state index is 13.7. The van der Waals surface area contributed by atoms with Crippen molar-refractivity contribution < 1.29 is 32.3 Å². The van der Waals surface area contributed by atoms with Gasteiger partial charge < -0.3 is 20.3 Å². The lowest BCUT2D eigenvalue weighted by Gasteiger charge is -2.33. The largest absolute Gasteiger partial charge is 0.418 e. The van der Waals surface area contributed by atoms with Crippen LogP contribution in [-0.2, 0) is 20.5 Å². The Balaban J connectivity index is 1.48. The molecule has 1 aromatic rings. The highest BCUT2D eigenvalue weighted by Crippen LogP contribution is 2.38. The van der Waals surface area contributed by atoms with Crippen LogP contribution in [0.1, 0.15) is 38.2 Å². The Kier molecular flexibility index (Phi) is 6.26. The fraction of sp³-hybridized carbons (Fsp3) is 0.591. The molecule has 0 atom stereocenters. The fourth-order valence-electron chi connectivity index (χ4n) is 4.64. The average Bonchev–Trinajstić information content (AvgIpc) is 3.00. The van der Waals surface area contributed by atoms with Gasteiger partial charge in [-0.2, -0.15) is 13.2 Å². The van der Waals surface area contributed by atoms with Gasteiger partial charge in [0.25, 0.3) is 5.91 Å². The number of anilines is 2. The molecule has 11 heteroatoms. The third kappa shape index (κ3) is 4.78. The third-order valence-corrected chi connectivity index (χ3v) is 6.63. The molecule has 0 radical (unpaired) electrons. The van der Waals surface area contributed by atoms with Crippen molar-refractivity contribution >= 4 is 29.2 Å². The molecule has 8 nitrogen and oxygen atoms in total. The predicted octanol–water partition coefficient (Wildman–Crippen LogP) is 2.98. The number of nitrogens with one attached hydrogen (secondary N) is 2. The number of amides is 4. The molecule has 0 bridgehead atoms. The minimum Gasteiger partial charge on any atom is -0.378 e. The Morgan fingerprint density at radius 2 is 1.88 bits per heavy atom. The van der Waals surface area contributed by atoms with E-state index in [0.717, 1.165) is 23.8 Å². The zero-order valence-corrected chi connectivity index (χ0v) is 18.3. The Bertz CT molecular complexity index is 938. The molecule has 3 fully saturated rings. The Hall–Kier alpha value is -2.82. The smallest absolute Gasteiger partial charge is 0.378 e. The molecular weight excluding hydrogens is 441 g/mol. The molecule has 3 aliphatic rings.